The Morgan fingerprint density at radius 3 is 2.61 bits per heavy atom. The van der Waals surface area contributed by atoms with Crippen LogP contribution in [-0.2, 0) is 0 Å². The van der Waals surface area contributed by atoms with Gasteiger partial charge in [-0.2, -0.15) is 0 Å². The van der Waals surface area contributed by atoms with Crippen molar-refractivity contribution in [2.24, 2.45) is 5.73 Å². The van der Waals surface area contributed by atoms with Gasteiger partial charge in [-0.1, -0.05) is 12.2 Å². The van der Waals surface area contributed by atoms with Crippen LogP contribution in [0.15, 0.2) is 18.2 Å². The first-order chi connectivity index (χ1) is 8.45. The molecule has 100 valence electrons. The van der Waals surface area contributed by atoms with E-state index in [2.05, 4.69) is 0 Å². The Morgan fingerprint density at radius 1 is 1.44 bits per heavy atom. The Bertz CT molecular complexity index is 429. The largest absolute Gasteiger partial charge is 0.395 e. The van der Waals surface area contributed by atoms with Crippen molar-refractivity contribution in [1.29, 1.82) is 0 Å². The van der Waals surface area contributed by atoms with Crippen molar-refractivity contribution in [3.8, 4) is 0 Å². The highest BCUT2D eigenvalue weighted by Crippen LogP contribution is 2.22. The van der Waals surface area contributed by atoms with Crippen molar-refractivity contribution < 1.29 is 18.3 Å². The quantitative estimate of drug-likeness (QED) is 0.775. The minimum absolute atomic E-state index is 0.00835. The van der Waals surface area contributed by atoms with Crippen molar-refractivity contribution in [1.82, 2.24) is 0 Å². The lowest BCUT2D eigenvalue weighted by Crippen LogP contribution is -2.33. The standard InChI is InChI=1S/C11H13F3N2OS/c12-7-1-2-9(8(5-7)11(15)18)16(3-4-17)6-10(13)14/h1-2,5,10,17H,3-4,6H2,(H2,15,18). The van der Waals surface area contributed by atoms with Crippen molar-refractivity contribution in [2.75, 3.05) is 24.6 Å². The number of halogens is 3. The lowest BCUT2D eigenvalue weighted by Gasteiger charge is -2.25. The van der Waals surface area contributed by atoms with Crippen LogP contribution in [0, 0.1) is 5.82 Å². The molecule has 0 aliphatic heterocycles. The van der Waals surface area contributed by atoms with Crippen LogP contribution in [0.25, 0.3) is 0 Å². The van der Waals surface area contributed by atoms with E-state index in [0.717, 1.165) is 12.1 Å². The zero-order valence-corrected chi connectivity index (χ0v) is 10.3. The predicted molar refractivity (Wildman–Crippen MR) is 67.6 cm³/mol. The maximum Gasteiger partial charge on any atom is 0.255 e. The lowest BCUT2D eigenvalue weighted by molar-refractivity contribution is 0.153. The molecule has 0 atom stereocenters. The fourth-order valence-corrected chi connectivity index (χ4v) is 1.74. The second-order valence-electron chi connectivity index (χ2n) is 3.59. The van der Waals surface area contributed by atoms with E-state index in [9.17, 15) is 13.2 Å². The zero-order valence-electron chi connectivity index (χ0n) is 9.44. The lowest BCUT2D eigenvalue weighted by atomic mass is 10.1. The third-order valence-electron chi connectivity index (χ3n) is 2.29. The number of hydrogen-bond donors (Lipinski definition) is 2. The number of alkyl halides is 2. The molecule has 0 saturated heterocycles. The molecule has 0 aromatic heterocycles. The molecule has 0 radical (unpaired) electrons. The molecule has 1 rings (SSSR count). The highest BCUT2D eigenvalue weighted by Gasteiger charge is 2.17. The number of benzene rings is 1. The summed E-state index contributed by atoms with van der Waals surface area (Å²) in [6, 6.07) is 3.54. The van der Waals surface area contributed by atoms with Crippen molar-refractivity contribution >= 4 is 22.9 Å². The molecule has 3 nitrogen and oxygen atoms in total. The molecule has 0 heterocycles. The van der Waals surface area contributed by atoms with Gasteiger partial charge in [-0.3, -0.25) is 0 Å². The number of anilines is 1. The van der Waals surface area contributed by atoms with Crippen LogP contribution in [0.2, 0.25) is 0 Å². The normalized spacial score (nSPS) is 10.7. The van der Waals surface area contributed by atoms with Gasteiger partial charge < -0.3 is 15.7 Å². The summed E-state index contributed by atoms with van der Waals surface area (Å²) in [6.07, 6.45) is -2.58. The third-order valence-corrected chi connectivity index (χ3v) is 2.51. The van der Waals surface area contributed by atoms with Crippen molar-refractivity contribution in [3.63, 3.8) is 0 Å². The summed E-state index contributed by atoms with van der Waals surface area (Å²) < 4.78 is 38.0. The number of nitrogens with zero attached hydrogens (tertiary/aromatic N) is 1. The fraction of sp³-hybridized carbons (Fsp3) is 0.364. The molecule has 7 heteroatoms. The number of hydrogen-bond acceptors (Lipinski definition) is 3. The predicted octanol–water partition coefficient (Wildman–Crippen LogP) is 1.52. The molecule has 0 bridgehead atoms. The molecule has 0 fully saturated rings. The van der Waals surface area contributed by atoms with Crippen LogP contribution < -0.4 is 10.6 Å². The van der Waals surface area contributed by atoms with Gasteiger partial charge in [0.05, 0.1) is 13.2 Å². The van der Waals surface area contributed by atoms with E-state index in [1.807, 2.05) is 0 Å². The van der Waals surface area contributed by atoms with Crippen molar-refractivity contribution in [3.05, 3.63) is 29.6 Å². The minimum atomic E-state index is -2.58. The van der Waals surface area contributed by atoms with Crippen LogP contribution in [-0.4, -0.2) is 36.2 Å². The monoisotopic (exact) mass is 278 g/mol. The number of rotatable bonds is 6. The molecular weight excluding hydrogens is 265 g/mol. The minimum Gasteiger partial charge on any atom is -0.395 e. The molecule has 1 aromatic carbocycles. The van der Waals surface area contributed by atoms with E-state index in [4.69, 9.17) is 23.1 Å². The average Bonchev–Trinajstić information content (AvgIpc) is 2.27. The SMILES string of the molecule is NC(=S)c1cc(F)ccc1N(CCO)CC(F)F. The van der Waals surface area contributed by atoms with Gasteiger partial charge in [-0.25, -0.2) is 13.2 Å². The maximum absolute atomic E-state index is 13.1. The second-order valence-corrected chi connectivity index (χ2v) is 4.03. The Hall–Kier alpha value is -1.34. The van der Waals surface area contributed by atoms with E-state index in [-0.39, 0.29) is 23.7 Å². The first kappa shape index (κ1) is 14.7. The first-order valence-corrected chi connectivity index (χ1v) is 5.60. The maximum atomic E-state index is 13.1. The van der Waals surface area contributed by atoms with E-state index in [0.29, 0.717) is 5.69 Å². The van der Waals surface area contributed by atoms with Gasteiger partial charge in [0.2, 0.25) is 0 Å². The van der Waals surface area contributed by atoms with E-state index < -0.39 is 18.8 Å². The van der Waals surface area contributed by atoms with Gasteiger partial charge in [0.1, 0.15) is 10.8 Å². The molecule has 0 aliphatic carbocycles. The van der Waals surface area contributed by atoms with Gasteiger partial charge in [-0.15, -0.1) is 0 Å². The number of aliphatic hydroxyl groups is 1. The molecular formula is C11H13F3N2OS. The summed E-state index contributed by atoms with van der Waals surface area (Å²) >= 11 is 4.76. The number of nitrogens with two attached hydrogens (primary N) is 1. The topological polar surface area (TPSA) is 49.5 Å². The Morgan fingerprint density at radius 2 is 2.11 bits per heavy atom. The molecule has 1 aromatic rings. The fourth-order valence-electron chi connectivity index (χ4n) is 1.58. The Labute approximate surface area is 108 Å². The summed E-state index contributed by atoms with van der Waals surface area (Å²) in [5.74, 6) is -0.553. The Kier molecular flexibility index (Phi) is 5.36. The molecule has 0 unspecified atom stereocenters. The van der Waals surface area contributed by atoms with E-state index in [1.54, 1.807) is 0 Å². The molecule has 0 aliphatic rings. The summed E-state index contributed by atoms with van der Waals surface area (Å²) in [7, 11) is 0. The van der Waals surface area contributed by atoms with Gasteiger partial charge >= 0.3 is 0 Å². The van der Waals surface area contributed by atoms with Gasteiger partial charge in [0.25, 0.3) is 6.43 Å². The van der Waals surface area contributed by atoms with Crippen LogP contribution in [0.5, 0.6) is 0 Å². The molecule has 18 heavy (non-hydrogen) atoms. The van der Waals surface area contributed by atoms with Gasteiger partial charge in [0, 0.05) is 17.8 Å². The summed E-state index contributed by atoms with van der Waals surface area (Å²) in [5.41, 5.74) is 5.91. The summed E-state index contributed by atoms with van der Waals surface area (Å²) in [6.45, 7) is -0.895. The highest BCUT2D eigenvalue weighted by atomic mass is 32.1. The van der Waals surface area contributed by atoms with Crippen LogP contribution in [0.1, 0.15) is 5.56 Å². The third kappa shape index (κ3) is 3.85. The smallest absolute Gasteiger partial charge is 0.255 e. The zero-order chi connectivity index (χ0) is 13.7. The highest BCUT2D eigenvalue weighted by molar-refractivity contribution is 7.80. The average molecular weight is 278 g/mol. The Balaban J connectivity index is 3.13. The molecule has 0 spiro atoms. The van der Waals surface area contributed by atoms with Crippen molar-refractivity contribution in [2.45, 2.75) is 6.43 Å². The van der Waals surface area contributed by atoms with E-state index in [1.165, 1.54) is 11.0 Å². The summed E-state index contributed by atoms with van der Waals surface area (Å²) in [5, 5.41) is 8.87. The van der Waals surface area contributed by atoms with Gasteiger partial charge in [0.15, 0.2) is 0 Å². The van der Waals surface area contributed by atoms with Crippen LogP contribution >= 0.6 is 12.2 Å². The summed E-state index contributed by atoms with van der Waals surface area (Å²) in [4.78, 5) is 1.14. The van der Waals surface area contributed by atoms with Crippen LogP contribution in [0.3, 0.4) is 0 Å². The molecule has 3 N–H and O–H groups in total. The van der Waals surface area contributed by atoms with E-state index >= 15 is 0 Å². The second kappa shape index (κ2) is 6.55. The van der Waals surface area contributed by atoms with Crippen LogP contribution in [0.4, 0.5) is 18.9 Å². The van der Waals surface area contributed by atoms with Gasteiger partial charge in [-0.05, 0) is 18.2 Å². The first-order valence-electron chi connectivity index (χ1n) is 5.19. The number of aliphatic hydroxyl groups excluding tert-OH is 1. The molecule has 0 amide bonds. The molecule has 0 saturated carbocycles. The number of thiocarbonyl (C=S) groups is 1.